The molecule has 7 nitrogen and oxygen atoms in total. The number of esters is 2. The molecule has 2 heterocycles. The topological polar surface area (TPSA) is 89.5 Å². The molecule has 0 fully saturated rings. The molecule has 8 heteroatoms. The van der Waals surface area contributed by atoms with Crippen LogP contribution in [0, 0.1) is 6.92 Å². The molecule has 1 aliphatic rings. The number of carbonyl (C=O) groups excluding carboxylic acids is 2. The third-order valence-electron chi connectivity index (χ3n) is 6.66. The van der Waals surface area contributed by atoms with Crippen molar-refractivity contribution in [2.45, 2.75) is 52.1 Å². The van der Waals surface area contributed by atoms with Crippen LogP contribution in [0.1, 0.15) is 44.1 Å². The van der Waals surface area contributed by atoms with Gasteiger partial charge in [-0.25, -0.2) is 14.6 Å². The Hall–Kier alpha value is -3.65. The third kappa shape index (κ3) is 4.98. The SMILES string of the molecule is CCOC(=O)C1=C(C)NC(C)C(Nc2nc(-c3ccccc3)c(C)s2)(C(=O)OCC)C1c1ccccc1. The zero-order valence-corrected chi connectivity index (χ0v) is 22.6. The number of carbonyl (C=O) groups is 2. The monoisotopic (exact) mass is 519 g/mol. The van der Waals surface area contributed by atoms with Crippen LogP contribution in [0.25, 0.3) is 11.3 Å². The first-order chi connectivity index (χ1) is 17.8. The fourth-order valence-corrected chi connectivity index (χ4v) is 5.94. The van der Waals surface area contributed by atoms with Crippen LogP contribution < -0.4 is 10.6 Å². The molecule has 1 aliphatic heterocycles. The van der Waals surface area contributed by atoms with E-state index >= 15 is 0 Å². The Labute approximate surface area is 221 Å². The van der Waals surface area contributed by atoms with E-state index in [9.17, 15) is 9.59 Å². The summed E-state index contributed by atoms with van der Waals surface area (Å²) >= 11 is 1.47. The summed E-state index contributed by atoms with van der Waals surface area (Å²) in [5, 5.41) is 7.42. The van der Waals surface area contributed by atoms with Crippen molar-refractivity contribution in [1.29, 1.82) is 0 Å². The Kier molecular flexibility index (Phi) is 7.97. The second-order valence-corrected chi connectivity index (χ2v) is 10.2. The summed E-state index contributed by atoms with van der Waals surface area (Å²) in [6.07, 6.45) is 0. The molecule has 37 heavy (non-hydrogen) atoms. The van der Waals surface area contributed by atoms with E-state index in [1.165, 1.54) is 11.3 Å². The van der Waals surface area contributed by atoms with Gasteiger partial charge in [0.1, 0.15) is 0 Å². The first kappa shape index (κ1) is 26.4. The Morgan fingerprint density at radius 2 is 1.62 bits per heavy atom. The van der Waals surface area contributed by atoms with Crippen LogP contribution >= 0.6 is 11.3 Å². The van der Waals surface area contributed by atoms with E-state index in [0.717, 1.165) is 21.7 Å². The molecule has 3 aromatic rings. The standard InChI is InChI=1S/C29H33N3O4S/c1-6-35-26(33)23-18(3)30-20(5)29(27(34)36-7-2,24(23)21-14-10-8-11-15-21)32-28-31-25(19(4)37-28)22-16-12-9-13-17-22/h8-17,20,24,30H,6-7H2,1-5H3,(H,31,32). The van der Waals surface area contributed by atoms with Crippen LogP contribution in [0.15, 0.2) is 71.9 Å². The molecule has 2 N–H and O–H groups in total. The number of thiazole rings is 1. The molecular formula is C29H33N3O4S. The molecule has 4 rings (SSSR count). The summed E-state index contributed by atoms with van der Waals surface area (Å²) in [5.74, 6) is -1.62. The second-order valence-electron chi connectivity index (χ2n) is 8.97. The number of hydrogen-bond acceptors (Lipinski definition) is 8. The van der Waals surface area contributed by atoms with E-state index in [0.29, 0.717) is 16.4 Å². The summed E-state index contributed by atoms with van der Waals surface area (Å²) in [6.45, 7) is 9.73. The summed E-state index contributed by atoms with van der Waals surface area (Å²) in [4.78, 5) is 33.2. The first-order valence-electron chi connectivity index (χ1n) is 12.5. The molecule has 0 saturated carbocycles. The van der Waals surface area contributed by atoms with Crippen molar-refractivity contribution >= 4 is 28.4 Å². The maximum absolute atomic E-state index is 14.0. The molecular weight excluding hydrogens is 486 g/mol. The highest BCUT2D eigenvalue weighted by atomic mass is 32.1. The van der Waals surface area contributed by atoms with Crippen molar-refractivity contribution in [3.8, 4) is 11.3 Å². The summed E-state index contributed by atoms with van der Waals surface area (Å²) < 4.78 is 11.2. The van der Waals surface area contributed by atoms with Gasteiger partial charge in [0.15, 0.2) is 10.7 Å². The molecule has 0 bridgehead atoms. The lowest BCUT2D eigenvalue weighted by Gasteiger charge is -2.48. The molecule has 3 atom stereocenters. The van der Waals surface area contributed by atoms with Gasteiger partial charge in [0.05, 0.1) is 36.4 Å². The van der Waals surface area contributed by atoms with Gasteiger partial charge >= 0.3 is 11.9 Å². The van der Waals surface area contributed by atoms with Crippen LogP contribution in [-0.4, -0.2) is 41.7 Å². The highest BCUT2D eigenvalue weighted by molar-refractivity contribution is 7.16. The molecule has 0 saturated heterocycles. The van der Waals surface area contributed by atoms with E-state index in [4.69, 9.17) is 14.5 Å². The lowest BCUT2D eigenvalue weighted by Crippen LogP contribution is -2.66. The number of rotatable bonds is 8. The van der Waals surface area contributed by atoms with Crippen LogP contribution in [0.3, 0.4) is 0 Å². The Bertz CT molecular complexity index is 1290. The van der Waals surface area contributed by atoms with Gasteiger partial charge in [0.2, 0.25) is 0 Å². The zero-order chi connectivity index (χ0) is 26.6. The maximum atomic E-state index is 14.0. The molecule has 194 valence electrons. The number of nitrogens with one attached hydrogen (secondary N) is 2. The van der Waals surface area contributed by atoms with Crippen LogP contribution in [0.4, 0.5) is 5.13 Å². The summed E-state index contributed by atoms with van der Waals surface area (Å²) in [7, 11) is 0. The molecule has 0 aliphatic carbocycles. The van der Waals surface area contributed by atoms with Gasteiger partial charge in [-0.05, 0) is 40.2 Å². The highest BCUT2D eigenvalue weighted by Gasteiger charge is 2.58. The Balaban J connectivity index is 1.92. The number of allylic oxidation sites excluding steroid dienone is 1. The number of benzene rings is 2. The Morgan fingerprint density at radius 3 is 2.24 bits per heavy atom. The summed E-state index contributed by atoms with van der Waals surface area (Å²) in [6, 6.07) is 19.0. The minimum Gasteiger partial charge on any atom is -0.464 e. The van der Waals surface area contributed by atoms with E-state index in [1.807, 2.05) is 81.4 Å². The van der Waals surface area contributed by atoms with E-state index in [-0.39, 0.29) is 13.2 Å². The Morgan fingerprint density at radius 1 is 1.00 bits per heavy atom. The predicted molar refractivity (Wildman–Crippen MR) is 146 cm³/mol. The van der Waals surface area contributed by atoms with E-state index in [1.54, 1.807) is 13.8 Å². The zero-order valence-electron chi connectivity index (χ0n) is 21.8. The number of ether oxygens (including phenoxy) is 2. The predicted octanol–water partition coefficient (Wildman–Crippen LogP) is 5.44. The number of hydrogen-bond donors (Lipinski definition) is 2. The molecule has 2 aromatic carbocycles. The van der Waals surface area contributed by atoms with Gasteiger partial charge in [-0.3, -0.25) is 0 Å². The van der Waals surface area contributed by atoms with Crippen LogP contribution in [-0.2, 0) is 19.1 Å². The average Bonchev–Trinajstić information content (AvgIpc) is 3.26. The van der Waals surface area contributed by atoms with Crippen LogP contribution in [0.2, 0.25) is 0 Å². The fraction of sp³-hybridized carbons (Fsp3) is 0.345. The average molecular weight is 520 g/mol. The van der Waals surface area contributed by atoms with Gasteiger partial charge in [-0.2, -0.15) is 0 Å². The van der Waals surface area contributed by atoms with E-state index < -0.39 is 29.4 Å². The van der Waals surface area contributed by atoms with Gasteiger partial charge in [-0.1, -0.05) is 60.7 Å². The van der Waals surface area contributed by atoms with Crippen molar-refractivity contribution in [2.75, 3.05) is 18.5 Å². The lowest BCUT2D eigenvalue weighted by molar-refractivity contribution is -0.151. The lowest BCUT2D eigenvalue weighted by atomic mass is 9.68. The smallest absolute Gasteiger partial charge is 0.336 e. The number of anilines is 1. The van der Waals surface area contributed by atoms with Crippen molar-refractivity contribution in [2.24, 2.45) is 0 Å². The van der Waals surface area contributed by atoms with E-state index in [2.05, 4.69) is 10.6 Å². The largest absolute Gasteiger partial charge is 0.464 e. The fourth-order valence-electron chi connectivity index (χ4n) is 5.03. The van der Waals surface area contributed by atoms with Gasteiger partial charge in [0.25, 0.3) is 0 Å². The molecule has 3 unspecified atom stereocenters. The van der Waals surface area contributed by atoms with Crippen molar-refractivity contribution < 1.29 is 19.1 Å². The van der Waals surface area contributed by atoms with Crippen LogP contribution in [0.5, 0.6) is 0 Å². The maximum Gasteiger partial charge on any atom is 0.336 e. The van der Waals surface area contributed by atoms with Gasteiger partial charge in [-0.15, -0.1) is 11.3 Å². The number of nitrogens with zero attached hydrogens (tertiary/aromatic N) is 1. The normalized spacial score (nSPS) is 21.2. The molecule has 0 radical (unpaired) electrons. The minimum absolute atomic E-state index is 0.195. The summed E-state index contributed by atoms with van der Waals surface area (Å²) in [5.41, 5.74) is 2.32. The molecule has 0 spiro atoms. The van der Waals surface area contributed by atoms with Gasteiger partial charge in [0, 0.05) is 16.1 Å². The molecule has 0 amide bonds. The highest BCUT2D eigenvalue weighted by Crippen LogP contribution is 2.46. The third-order valence-corrected chi connectivity index (χ3v) is 7.55. The molecule has 1 aromatic heterocycles. The minimum atomic E-state index is -1.38. The first-order valence-corrected chi connectivity index (χ1v) is 13.3. The second kappa shape index (κ2) is 11.2. The van der Waals surface area contributed by atoms with Crippen molar-refractivity contribution in [1.82, 2.24) is 10.3 Å². The number of aryl methyl sites for hydroxylation is 1. The number of aromatic nitrogens is 1. The van der Waals surface area contributed by atoms with Gasteiger partial charge < -0.3 is 20.1 Å². The van der Waals surface area contributed by atoms with Crippen molar-refractivity contribution in [3.63, 3.8) is 0 Å². The quantitative estimate of drug-likeness (QED) is 0.383. The van der Waals surface area contributed by atoms with Crippen molar-refractivity contribution in [3.05, 3.63) is 82.4 Å².